The molecule has 1 amide bonds. The van der Waals surface area contributed by atoms with Crippen LogP contribution in [0.5, 0.6) is 0 Å². The lowest BCUT2D eigenvalue weighted by atomic mass is 10.1. The van der Waals surface area contributed by atoms with Gasteiger partial charge in [-0.1, -0.05) is 41.9 Å². The first-order valence-corrected chi connectivity index (χ1v) is 10.4. The molecule has 1 atom stereocenters. The van der Waals surface area contributed by atoms with Crippen LogP contribution in [-0.4, -0.2) is 21.2 Å². The highest BCUT2D eigenvalue weighted by atomic mass is 35.5. The van der Waals surface area contributed by atoms with E-state index in [1.54, 1.807) is 30.3 Å². The number of Topliss-reactive ketones (excluding diaryl/α,β-unsaturated/α-hetero) is 1. The zero-order valence-electron chi connectivity index (χ0n) is 17.3. The Morgan fingerprint density at radius 1 is 1.00 bits per heavy atom. The molecule has 5 nitrogen and oxygen atoms in total. The summed E-state index contributed by atoms with van der Waals surface area (Å²) in [5.74, 6) is 0.400. The van der Waals surface area contributed by atoms with E-state index >= 15 is 0 Å². The van der Waals surface area contributed by atoms with Crippen molar-refractivity contribution in [3.8, 4) is 0 Å². The van der Waals surface area contributed by atoms with Crippen LogP contribution in [0.25, 0.3) is 11.0 Å². The van der Waals surface area contributed by atoms with Gasteiger partial charge in [0.05, 0.1) is 23.6 Å². The van der Waals surface area contributed by atoms with E-state index in [2.05, 4.69) is 5.32 Å². The summed E-state index contributed by atoms with van der Waals surface area (Å²) in [4.78, 5) is 30.5. The standard InChI is InChI=1S/C25H22ClN3O2/c1-16-7-3-4-8-20(16)25(31)27-17(2)24-28-21-9-5-6-10-22(21)29(24)15-23(30)18-11-13-19(26)14-12-18/h3-14,17H,15H2,1-2H3,(H,27,31). The van der Waals surface area contributed by atoms with Gasteiger partial charge < -0.3 is 9.88 Å². The number of amides is 1. The predicted molar refractivity (Wildman–Crippen MR) is 123 cm³/mol. The molecular weight excluding hydrogens is 410 g/mol. The molecule has 156 valence electrons. The number of rotatable bonds is 6. The Labute approximate surface area is 185 Å². The third-order valence-corrected chi connectivity index (χ3v) is 5.53. The minimum absolute atomic E-state index is 0.0569. The Kier molecular flexibility index (Phi) is 5.87. The Bertz CT molecular complexity index is 1260. The lowest BCUT2D eigenvalue weighted by Crippen LogP contribution is -2.29. The number of nitrogens with one attached hydrogen (secondary N) is 1. The molecule has 1 N–H and O–H groups in total. The number of para-hydroxylation sites is 2. The second-order valence-electron chi connectivity index (χ2n) is 7.49. The number of imidazole rings is 1. The number of halogens is 1. The van der Waals surface area contributed by atoms with Crippen molar-refractivity contribution in [1.82, 2.24) is 14.9 Å². The number of carbonyl (C=O) groups excluding carboxylic acids is 2. The van der Waals surface area contributed by atoms with Crippen LogP contribution in [0.2, 0.25) is 5.02 Å². The van der Waals surface area contributed by atoms with Crippen molar-refractivity contribution >= 4 is 34.3 Å². The van der Waals surface area contributed by atoms with Crippen molar-refractivity contribution in [2.45, 2.75) is 26.4 Å². The number of fused-ring (bicyclic) bond motifs is 1. The molecule has 0 radical (unpaired) electrons. The average molecular weight is 432 g/mol. The van der Waals surface area contributed by atoms with Crippen molar-refractivity contribution in [1.29, 1.82) is 0 Å². The van der Waals surface area contributed by atoms with Gasteiger partial charge in [-0.3, -0.25) is 9.59 Å². The quantitative estimate of drug-likeness (QED) is 0.417. The summed E-state index contributed by atoms with van der Waals surface area (Å²) in [6.45, 7) is 3.89. The maximum atomic E-state index is 13.0. The van der Waals surface area contributed by atoms with Crippen LogP contribution >= 0.6 is 11.6 Å². The fourth-order valence-corrected chi connectivity index (χ4v) is 3.75. The zero-order chi connectivity index (χ0) is 22.0. The molecule has 0 aliphatic heterocycles. The highest BCUT2D eigenvalue weighted by molar-refractivity contribution is 6.30. The molecule has 0 aliphatic carbocycles. The fourth-order valence-electron chi connectivity index (χ4n) is 3.63. The second kappa shape index (κ2) is 8.74. The summed E-state index contributed by atoms with van der Waals surface area (Å²) < 4.78 is 1.87. The van der Waals surface area contributed by atoms with E-state index in [0.29, 0.717) is 22.0 Å². The van der Waals surface area contributed by atoms with Gasteiger partial charge in [-0.15, -0.1) is 0 Å². The number of carbonyl (C=O) groups is 2. The summed E-state index contributed by atoms with van der Waals surface area (Å²) in [6.07, 6.45) is 0. The molecule has 1 aromatic heterocycles. The second-order valence-corrected chi connectivity index (χ2v) is 7.92. The minimum atomic E-state index is -0.391. The molecule has 0 bridgehead atoms. The zero-order valence-corrected chi connectivity index (χ0v) is 18.1. The molecule has 1 heterocycles. The van der Waals surface area contributed by atoms with E-state index in [1.807, 2.05) is 60.9 Å². The predicted octanol–water partition coefficient (Wildman–Crippen LogP) is 5.37. The maximum absolute atomic E-state index is 13.0. The van der Waals surface area contributed by atoms with Crippen LogP contribution < -0.4 is 5.32 Å². The first kappa shape index (κ1) is 20.8. The number of ketones is 1. The lowest BCUT2D eigenvalue weighted by molar-refractivity contribution is 0.0937. The number of aryl methyl sites for hydroxylation is 1. The molecule has 0 fully saturated rings. The summed E-state index contributed by atoms with van der Waals surface area (Å²) >= 11 is 5.95. The Morgan fingerprint density at radius 3 is 2.42 bits per heavy atom. The van der Waals surface area contributed by atoms with Crippen LogP contribution in [0.3, 0.4) is 0 Å². The number of hydrogen-bond acceptors (Lipinski definition) is 3. The Hall–Kier alpha value is -3.44. The van der Waals surface area contributed by atoms with Crippen LogP contribution in [0.15, 0.2) is 72.8 Å². The summed E-state index contributed by atoms with van der Waals surface area (Å²) in [5.41, 5.74) is 3.72. The first-order chi connectivity index (χ1) is 14.9. The fraction of sp³-hybridized carbons (Fsp3) is 0.160. The van der Waals surface area contributed by atoms with Crippen LogP contribution in [0.4, 0.5) is 0 Å². The lowest BCUT2D eigenvalue weighted by Gasteiger charge is -2.17. The molecule has 1 unspecified atom stereocenters. The summed E-state index contributed by atoms with van der Waals surface area (Å²) in [5, 5.41) is 3.61. The molecule has 0 saturated heterocycles. The Morgan fingerprint density at radius 2 is 1.68 bits per heavy atom. The van der Waals surface area contributed by atoms with Crippen molar-refractivity contribution in [3.05, 3.63) is 100 Å². The SMILES string of the molecule is Cc1ccccc1C(=O)NC(C)c1nc2ccccc2n1CC(=O)c1ccc(Cl)cc1. The van der Waals surface area contributed by atoms with Crippen LogP contribution in [-0.2, 0) is 6.54 Å². The molecule has 0 aliphatic rings. The number of benzene rings is 3. The summed E-state index contributed by atoms with van der Waals surface area (Å²) in [6, 6.07) is 21.5. The molecule has 0 spiro atoms. The smallest absolute Gasteiger partial charge is 0.252 e. The molecule has 4 rings (SSSR count). The van der Waals surface area contributed by atoms with Crippen molar-refractivity contribution in [2.75, 3.05) is 0 Å². The molecule has 31 heavy (non-hydrogen) atoms. The van der Waals surface area contributed by atoms with Gasteiger partial charge >= 0.3 is 0 Å². The monoisotopic (exact) mass is 431 g/mol. The normalized spacial score (nSPS) is 12.0. The first-order valence-electron chi connectivity index (χ1n) is 10.0. The minimum Gasteiger partial charge on any atom is -0.342 e. The number of aromatic nitrogens is 2. The van der Waals surface area contributed by atoms with Gasteiger partial charge in [0, 0.05) is 16.1 Å². The van der Waals surface area contributed by atoms with E-state index in [-0.39, 0.29) is 18.2 Å². The third kappa shape index (κ3) is 4.37. The van der Waals surface area contributed by atoms with E-state index in [9.17, 15) is 9.59 Å². The number of hydrogen-bond donors (Lipinski definition) is 1. The third-order valence-electron chi connectivity index (χ3n) is 5.28. The van der Waals surface area contributed by atoms with E-state index in [1.165, 1.54) is 0 Å². The average Bonchev–Trinajstić information content (AvgIpc) is 3.13. The van der Waals surface area contributed by atoms with Crippen molar-refractivity contribution in [2.24, 2.45) is 0 Å². The van der Waals surface area contributed by atoms with Gasteiger partial charge in [0.2, 0.25) is 0 Å². The highest BCUT2D eigenvalue weighted by Gasteiger charge is 2.21. The van der Waals surface area contributed by atoms with Crippen LogP contribution in [0, 0.1) is 6.92 Å². The van der Waals surface area contributed by atoms with Gasteiger partial charge in [-0.25, -0.2) is 4.98 Å². The van der Waals surface area contributed by atoms with Gasteiger partial charge in [0.1, 0.15) is 5.82 Å². The molecule has 4 aromatic rings. The molecule has 3 aromatic carbocycles. The van der Waals surface area contributed by atoms with Crippen molar-refractivity contribution in [3.63, 3.8) is 0 Å². The topological polar surface area (TPSA) is 64.0 Å². The van der Waals surface area contributed by atoms with Crippen molar-refractivity contribution < 1.29 is 9.59 Å². The van der Waals surface area contributed by atoms with Gasteiger partial charge in [0.25, 0.3) is 5.91 Å². The van der Waals surface area contributed by atoms with Gasteiger partial charge in [0.15, 0.2) is 5.78 Å². The van der Waals surface area contributed by atoms with Gasteiger partial charge in [-0.05, 0) is 61.9 Å². The highest BCUT2D eigenvalue weighted by Crippen LogP contribution is 2.22. The largest absolute Gasteiger partial charge is 0.342 e. The van der Waals surface area contributed by atoms with Crippen LogP contribution in [0.1, 0.15) is 45.1 Å². The van der Waals surface area contributed by atoms with E-state index in [0.717, 1.165) is 16.6 Å². The van der Waals surface area contributed by atoms with Gasteiger partial charge in [-0.2, -0.15) is 0 Å². The number of nitrogens with zero attached hydrogens (tertiary/aromatic N) is 2. The maximum Gasteiger partial charge on any atom is 0.252 e. The van der Waals surface area contributed by atoms with E-state index in [4.69, 9.17) is 16.6 Å². The van der Waals surface area contributed by atoms with E-state index < -0.39 is 6.04 Å². The molecule has 6 heteroatoms. The molecule has 0 saturated carbocycles. The summed E-state index contributed by atoms with van der Waals surface area (Å²) in [7, 11) is 0. The molecular formula is C25H22ClN3O2. The Balaban J connectivity index is 1.66.